The Morgan fingerprint density at radius 2 is 1.01 bits per heavy atom. The average Bonchev–Trinajstić information content (AvgIpc) is 1.74. The molecule has 13 amide bonds. The summed E-state index contributed by atoms with van der Waals surface area (Å²) >= 11 is 1.45. The minimum absolute atomic E-state index is 0.0736. The van der Waals surface area contributed by atoms with Gasteiger partial charge in [0.1, 0.15) is 54.4 Å². The fourth-order valence-corrected chi connectivity index (χ4v) is 11.5. The van der Waals surface area contributed by atoms with E-state index in [1.807, 2.05) is 20.1 Å². The number of hydrogen-bond acceptors (Lipinski definition) is 17. The molecule has 22 N–H and O–H groups in total. The van der Waals surface area contributed by atoms with Gasteiger partial charge in [-0.25, -0.2) is 0 Å². The third kappa shape index (κ3) is 27.5. The van der Waals surface area contributed by atoms with Crippen LogP contribution in [0.25, 0.3) is 0 Å². The van der Waals surface area contributed by atoms with Gasteiger partial charge >= 0.3 is 0 Å². The Balaban J connectivity index is 1.56. The Kier molecular flexibility index (Phi) is 33.9. The Labute approximate surface area is 558 Å². The number of nitrogens with one attached hydrogen (secondary N) is 8. The smallest absolute Gasteiger partial charge is 0.245 e. The largest absolute Gasteiger partial charge is 0.370 e. The van der Waals surface area contributed by atoms with Gasteiger partial charge in [-0.15, -0.1) is 0 Å². The zero-order valence-corrected chi connectivity index (χ0v) is 55.3. The normalized spacial score (nSPS) is 16.8. The van der Waals surface area contributed by atoms with E-state index in [4.69, 9.17) is 40.1 Å². The molecule has 0 bridgehead atoms. The van der Waals surface area contributed by atoms with Crippen LogP contribution in [0, 0.1) is 5.92 Å². The number of rotatable bonds is 42. The molecule has 2 aromatic rings. The molecule has 31 nitrogen and oxygen atoms in total. The summed E-state index contributed by atoms with van der Waals surface area (Å²) in [5.41, 5.74) is 40.6. The van der Waals surface area contributed by atoms with Gasteiger partial charge in [0.2, 0.25) is 76.8 Å². The molecule has 95 heavy (non-hydrogen) atoms. The van der Waals surface area contributed by atoms with Gasteiger partial charge in [0, 0.05) is 45.3 Å². The van der Waals surface area contributed by atoms with Crippen molar-refractivity contribution < 1.29 is 62.3 Å². The number of aliphatic imine (C=N–C) groups is 1. The predicted molar refractivity (Wildman–Crippen MR) is 356 cm³/mol. The van der Waals surface area contributed by atoms with Crippen LogP contribution < -0.4 is 82.7 Å². The number of thioether (sulfide) groups is 1. The first-order valence-electron chi connectivity index (χ1n) is 32.2. The van der Waals surface area contributed by atoms with Gasteiger partial charge in [0.25, 0.3) is 0 Å². The van der Waals surface area contributed by atoms with Gasteiger partial charge in [-0.3, -0.25) is 67.3 Å². The molecular weight excluding hydrogens is 1250 g/mol. The summed E-state index contributed by atoms with van der Waals surface area (Å²) in [6.07, 6.45) is 3.12. The summed E-state index contributed by atoms with van der Waals surface area (Å²) in [7, 11) is 0. The number of nitrogens with zero attached hydrogens (tertiary/aromatic N) is 3. The SMILES string of the molecule is CSCC[C@H](NC(=O)[C@@H](CC(C)C)NC(=O)CNC(=O)[C@@H](Cc1ccccc1)NC(=O)[C@@H](Cc1ccccc1)NC(=O)[C@H](CCC(N)=O)NC(=O)[C@@H](CCC(N)=O)NC(=O)[C@@H]1CCCN1C(=O)[C@H](CCCCN)NC(=O)[C@@H]1CCCN1C(=O)[C@H](N)CCCN=C(N)N)C(N)=O. The molecule has 0 saturated carbocycles. The van der Waals surface area contributed by atoms with Crippen LogP contribution in [0.3, 0.4) is 0 Å². The number of primary amides is 3. The van der Waals surface area contributed by atoms with Crippen molar-refractivity contribution in [3.05, 3.63) is 71.8 Å². The predicted octanol–water partition coefficient (Wildman–Crippen LogP) is -3.71. The third-order valence-electron chi connectivity index (χ3n) is 16.0. The quantitative estimate of drug-likeness (QED) is 0.0173. The molecule has 32 heteroatoms. The summed E-state index contributed by atoms with van der Waals surface area (Å²) in [6, 6.07) is 4.51. The van der Waals surface area contributed by atoms with Crippen LogP contribution in [0.5, 0.6) is 0 Å². The number of likely N-dealkylation sites (tertiary alicyclic amines) is 2. The number of hydrogen-bond donors (Lipinski definition) is 15. The topological polar surface area (TPSA) is 519 Å². The van der Waals surface area contributed by atoms with E-state index < -0.39 is 169 Å². The Hall–Kier alpha value is -8.91. The van der Waals surface area contributed by atoms with Crippen LogP contribution in [-0.4, -0.2) is 198 Å². The Morgan fingerprint density at radius 1 is 0.537 bits per heavy atom. The van der Waals surface area contributed by atoms with E-state index in [0.717, 1.165) is 0 Å². The number of carbonyl (C=O) groups is 13. The lowest BCUT2D eigenvalue weighted by molar-refractivity contribution is -0.144. The molecule has 10 atom stereocenters. The molecule has 4 rings (SSSR count). The first-order chi connectivity index (χ1) is 45.2. The second-order valence-corrected chi connectivity index (χ2v) is 25.1. The van der Waals surface area contributed by atoms with Crippen molar-refractivity contribution >= 4 is 94.5 Å². The van der Waals surface area contributed by atoms with Crippen LogP contribution in [0.15, 0.2) is 65.7 Å². The van der Waals surface area contributed by atoms with Crippen LogP contribution in [0.2, 0.25) is 0 Å². The number of amides is 13. The van der Waals surface area contributed by atoms with Crippen LogP contribution in [0.1, 0.15) is 121 Å². The summed E-state index contributed by atoms with van der Waals surface area (Å²) in [4.78, 5) is 185. The summed E-state index contributed by atoms with van der Waals surface area (Å²) in [5, 5.41) is 21.1. The zero-order chi connectivity index (χ0) is 70.1. The van der Waals surface area contributed by atoms with Crippen molar-refractivity contribution in [3.8, 4) is 0 Å². The average molecular weight is 1350 g/mol. The molecule has 2 aliphatic rings. The zero-order valence-electron chi connectivity index (χ0n) is 54.5. The van der Waals surface area contributed by atoms with Crippen molar-refractivity contribution in [2.45, 2.75) is 183 Å². The molecule has 2 heterocycles. The molecule has 2 aromatic carbocycles. The van der Waals surface area contributed by atoms with E-state index in [2.05, 4.69) is 47.5 Å². The lowest BCUT2D eigenvalue weighted by Crippen LogP contribution is -2.60. The highest BCUT2D eigenvalue weighted by atomic mass is 32.2. The van der Waals surface area contributed by atoms with Gasteiger partial charge < -0.3 is 92.5 Å². The van der Waals surface area contributed by atoms with E-state index >= 15 is 0 Å². The minimum atomic E-state index is -1.64. The standard InChI is InChI=1S/C63H98N18O13S/c1-37(2)33-45(57(89)74-41(53(68)85)27-32-95-3)73-52(84)36-72-54(86)46(34-38-15-6-4-7-16-38)78-58(90)47(35-39-17-8-5-9-18-39)79-56(88)42(23-25-50(66)82)75-55(87)43(24-26-51(67)83)76-59(91)49-22-14-31-81(49)62(94)44(20-10-11-28-64)77-60(92)48-21-13-30-80(48)61(93)40(65)19-12-29-71-63(69)70/h4-9,15-18,37,40-49H,10-14,19-36,64-65H2,1-3H3,(H2,66,82)(H2,67,83)(H2,68,85)(H,72,86)(H,73,84)(H,74,89)(H,75,87)(H,76,91)(H,77,92)(H,78,90)(H,79,88)(H4,69,70,71)/t40-,41+,42+,43-,44+,45-,46-,47-,48+,49+/m1/s1. The second-order valence-electron chi connectivity index (χ2n) is 24.1. The molecule has 0 aliphatic carbocycles. The molecule has 0 unspecified atom stereocenters. The Morgan fingerprint density at radius 3 is 1.51 bits per heavy atom. The lowest BCUT2D eigenvalue weighted by atomic mass is 10.0. The van der Waals surface area contributed by atoms with Crippen molar-refractivity contribution in [1.29, 1.82) is 0 Å². The van der Waals surface area contributed by atoms with Gasteiger partial charge in [-0.05, 0) is 119 Å². The van der Waals surface area contributed by atoms with E-state index in [1.54, 1.807) is 60.7 Å². The maximum absolute atomic E-state index is 14.7. The van der Waals surface area contributed by atoms with E-state index in [0.29, 0.717) is 55.4 Å². The maximum Gasteiger partial charge on any atom is 0.245 e. The fourth-order valence-electron chi connectivity index (χ4n) is 11.0. The molecule has 2 saturated heterocycles. The highest BCUT2D eigenvalue weighted by Crippen LogP contribution is 2.24. The molecule has 0 radical (unpaired) electrons. The second kappa shape index (κ2) is 41.0. The van der Waals surface area contributed by atoms with Crippen molar-refractivity contribution in [2.75, 3.05) is 44.7 Å². The number of nitrogens with two attached hydrogens (primary N) is 7. The number of carbonyl (C=O) groups excluding carboxylic acids is 13. The fraction of sp³-hybridized carbons (Fsp3) is 0.587. The van der Waals surface area contributed by atoms with E-state index in [-0.39, 0.29) is 83.0 Å². The van der Waals surface area contributed by atoms with Gasteiger partial charge in [-0.2, -0.15) is 11.8 Å². The monoisotopic (exact) mass is 1350 g/mol. The van der Waals surface area contributed by atoms with Crippen molar-refractivity contribution in [1.82, 2.24) is 52.3 Å². The number of guanidine groups is 1. The summed E-state index contributed by atoms with van der Waals surface area (Å²) < 4.78 is 0. The lowest BCUT2D eigenvalue weighted by Gasteiger charge is -2.32. The van der Waals surface area contributed by atoms with Gasteiger partial charge in [0.15, 0.2) is 5.96 Å². The van der Waals surface area contributed by atoms with Crippen molar-refractivity contribution in [2.24, 2.45) is 51.0 Å². The molecule has 0 aromatic heterocycles. The summed E-state index contributed by atoms with van der Waals surface area (Å²) in [5.74, 6) is -9.80. The molecule has 2 fully saturated rings. The van der Waals surface area contributed by atoms with Crippen molar-refractivity contribution in [3.63, 3.8) is 0 Å². The summed E-state index contributed by atoms with van der Waals surface area (Å²) in [6.45, 7) is 3.86. The highest BCUT2D eigenvalue weighted by Gasteiger charge is 2.42. The molecule has 524 valence electrons. The molecular formula is C63H98N18O13S. The van der Waals surface area contributed by atoms with E-state index in [1.165, 1.54) is 21.6 Å². The number of unbranched alkanes of at least 4 members (excludes halogenated alkanes) is 1. The van der Waals surface area contributed by atoms with E-state index in [9.17, 15) is 62.3 Å². The van der Waals surface area contributed by atoms with Crippen LogP contribution in [0.4, 0.5) is 0 Å². The number of benzene rings is 2. The first kappa shape index (κ1) is 78.5. The first-order valence-corrected chi connectivity index (χ1v) is 33.6. The van der Waals surface area contributed by atoms with Crippen LogP contribution in [-0.2, 0) is 75.2 Å². The molecule has 0 spiro atoms. The third-order valence-corrected chi connectivity index (χ3v) is 16.7. The molecule has 2 aliphatic heterocycles. The highest BCUT2D eigenvalue weighted by molar-refractivity contribution is 7.98. The van der Waals surface area contributed by atoms with Gasteiger partial charge in [-0.1, -0.05) is 74.5 Å². The Bertz CT molecular complexity index is 2960. The maximum atomic E-state index is 14.7. The van der Waals surface area contributed by atoms with Gasteiger partial charge in [0.05, 0.1) is 12.6 Å². The minimum Gasteiger partial charge on any atom is -0.370 e. The van der Waals surface area contributed by atoms with Crippen LogP contribution >= 0.6 is 11.8 Å².